The molecule has 0 N–H and O–H groups in total. The number of unbranched alkanes of at least 4 members (excludes halogenated alkanes) is 4. The number of hydrogen-bond donors (Lipinski definition) is 0. The molecule has 4 aromatic rings. The standard InChI is InChI=1S/2C21H31OP.2C20H33O2P3.2C14H19.2C2H6.2U/c2*1-3-5-15-19-18-20(19)16-13-11-9-7-6-8-10-12-14-17-21(4-2)22-23;2*1-3-5-14-18(21-23)15-9-7-6-8-12-17-13-10-11-16-19(17)20(4-2)22-25-24;2*1-4-13-9-5-6-10-14(13)11-7-8-12(2)3;2*1-2;;/h2*6-7,9,11,13-14,16-17,19-21H,3-5,8,15,18,23H2,1-2H3;2*6-7,9-11,13,15-16,18,20,25H,3-5,8,12,14,23-24H2,1-2H3;2*4-10,12H,11H2,1-3H3;2*1-2H3;;/q;;;;2*-1;;;;/b7-6-,11-9+,16-13+,17-14+;;7-6-,15-9+;;8-7+;;;;;. The summed E-state index contributed by atoms with van der Waals surface area (Å²) in [5, 5.41) is 0. The van der Waals surface area contributed by atoms with Crippen LogP contribution in [0, 0.1) is 134 Å². The molecule has 16 heteroatoms. The molecule has 0 radical (unpaired) electrons. The van der Waals surface area contributed by atoms with Gasteiger partial charge in [0, 0.05) is 130 Å². The van der Waals surface area contributed by atoms with Gasteiger partial charge >= 0.3 is 0 Å². The molecule has 0 spiro atoms. The van der Waals surface area contributed by atoms with Gasteiger partial charge in [-0.25, -0.2) is 0 Å². The van der Waals surface area contributed by atoms with E-state index in [9.17, 15) is 0 Å². The summed E-state index contributed by atoms with van der Waals surface area (Å²) >= 11 is 0. The minimum atomic E-state index is 0. The fourth-order valence-electron chi connectivity index (χ4n) is 13.2. The van der Waals surface area contributed by atoms with Gasteiger partial charge in [-0.2, -0.15) is 36.1 Å². The van der Waals surface area contributed by atoms with Crippen molar-refractivity contribution in [2.24, 2.45) is 35.5 Å². The molecule has 2 fully saturated rings. The molecule has 0 heterocycles. The van der Waals surface area contributed by atoms with Crippen LogP contribution in [0.15, 0.2) is 267 Å². The van der Waals surface area contributed by atoms with Crippen molar-refractivity contribution < 1.29 is 89.4 Å². The van der Waals surface area contributed by atoms with Crippen molar-refractivity contribution in [1.29, 1.82) is 0 Å². The van der Waals surface area contributed by atoms with Crippen LogP contribution in [0.3, 0.4) is 0 Å². The largest absolute Gasteiger partial charge is 0.358 e. The molecule has 0 bridgehead atoms. The van der Waals surface area contributed by atoms with Crippen LogP contribution in [-0.4, -0.2) is 24.4 Å². The van der Waals surface area contributed by atoms with E-state index in [1.54, 1.807) is 0 Å². The van der Waals surface area contributed by atoms with Gasteiger partial charge in [-0.3, -0.25) is 0 Å². The van der Waals surface area contributed by atoms with Crippen LogP contribution < -0.4 is 0 Å². The van der Waals surface area contributed by atoms with Gasteiger partial charge < -0.3 is 27.1 Å². The first-order valence-electron chi connectivity index (χ1n) is 48.5. The van der Waals surface area contributed by atoms with Gasteiger partial charge in [-0.1, -0.05) is 437 Å². The maximum Gasteiger partial charge on any atom is 0.0868 e. The smallest absolute Gasteiger partial charge is 0.0868 e. The van der Waals surface area contributed by atoms with Crippen LogP contribution >= 0.6 is 72.7 Å². The molecule has 2 aliphatic carbocycles. The average molecular weight is 2370 g/mol. The molecule has 18 atom stereocenters. The Labute approximate surface area is 865 Å². The van der Waals surface area contributed by atoms with E-state index in [1.807, 2.05) is 52.0 Å². The minimum absolute atomic E-state index is 0. The molecule has 0 aliphatic heterocycles. The Kier molecular flexibility index (Phi) is 102. The molecular formula is C114H178O6P8U2-2. The molecular weight excluding hydrogens is 2190 g/mol. The van der Waals surface area contributed by atoms with Crippen molar-refractivity contribution in [3.8, 4) is 23.7 Å². The van der Waals surface area contributed by atoms with Gasteiger partial charge in [0.25, 0.3) is 0 Å². The second kappa shape index (κ2) is 99.4. The summed E-state index contributed by atoms with van der Waals surface area (Å²) in [5.74, 6) is 17.1. The van der Waals surface area contributed by atoms with Crippen LogP contribution in [0.5, 0.6) is 0 Å². The Hall–Kier alpha value is -2.60. The van der Waals surface area contributed by atoms with Crippen LogP contribution in [0.25, 0.3) is 0 Å². The fourth-order valence-corrected chi connectivity index (χ4v) is 16.1. The second-order valence-electron chi connectivity index (χ2n) is 31.7. The Morgan fingerprint density at radius 1 is 0.392 bits per heavy atom. The molecule has 2 aliphatic rings. The molecule has 4 aromatic carbocycles. The van der Waals surface area contributed by atoms with Gasteiger partial charge in [0.05, 0.1) is 36.6 Å². The molecule has 0 aromatic heterocycles. The summed E-state index contributed by atoms with van der Waals surface area (Å²) < 4.78 is 32.9. The third-order valence-corrected chi connectivity index (χ3v) is 23.9. The summed E-state index contributed by atoms with van der Waals surface area (Å²) in [7, 11) is 15.6. The van der Waals surface area contributed by atoms with E-state index in [4.69, 9.17) is 27.1 Å². The van der Waals surface area contributed by atoms with Crippen molar-refractivity contribution in [3.05, 3.63) is 325 Å². The van der Waals surface area contributed by atoms with E-state index in [0.717, 1.165) is 114 Å². The summed E-state index contributed by atoms with van der Waals surface area (Å²) in [4.78, 5) is 0. The third kappa shape index (κ3) is 74.5. The van der Waals surface area contributed by atoms with Gasteiger partial charge in [0.2, 0.25) is 0 Å². The van der Waals surface area contributed by atoms with E-state index in [0.29, 0.717) is 28.8 Å². The average Bonchev–Trinajstić information content (AvgIpc) is 1.74. The van der Waals surface area contributed by atoms with Crippen LogP contribution in [0.2, 0.25) is 0 Å². The number of benzene rings is 4. The van der Waals surface area contributed by atoms with E-state index in [1.165, 1.54) is 122 Å². The minimum Gasteiger partial charge on any atom is -0.358 e. The quantitative estimate of drug-likeness (QED) is 0.0144. The first kappa shape index (κ1) is 134. The topological polar surface area (TPSA) is 55.4 Å². The zero-order chi connectivity index (χ0) is 94.9. The second-order valence-corrected chi connectivity index (χ2v) is 35.1. The zero-order valence-electron chi connectivity index (χ0n) is 83.8. The Morgan fingerprint density at radius 2 is 0.731 bits per heavy atom. The zero-order valence-corrected chi connectivity index (χ0v) is 101. The molecule has 2 saturated carbocycles. The normalized spacial score (nSPS) is 16.1. The number of allylic oxidation sites excluding steroid dienone is 24. The van der Waals surface area contributed by atoms with Crippen molar-refractivity contribution in [1.82, 2.24) is 0 Å². The van der Waals surface area contributed by atoms with Crippen molar-refractivity contribution in [2.75, 3.05) is 0 Å². The number of hydrogen-bond acceptors (Lipinski definition) is 6. The monoisotopic (exact) mass is 2370 g/mol. The number of aryl methyl sites for hydroxylation is 2. The molecule has 720 valence electrons. The van der Waals surface area contributed by atoms with Crippen molar-refractivity contribution >= 4 is 72.7 Å². The van der Waals surface area contributed by atoms with Crippen LogP contribution in [-0.2, 0) is 52.8 Å². The third-order valence-electron chi connectivity index (χ3n) is 20.8. The Bertz CT molecular complexity index is 3610. The summed E-state index contributed by atoms with van der Waals surface area (Å²) in [5.41, 5.74) is 11.0. The van der Waals surface area contributed by atoms with E-state index in [2.05, 4.69) is 432 Å². The molecule has 0 amide bonds. The molecule has 18 unspecified atom stereocenters. The fraction of sp³-hybridized carbons (Fsp3) is 0.491. The molecule has 6 nitrogen and oxygen atoms in total. The maximum atomic E-state index is 5.88. The maximum absolute atomic E-state index is 5.88. The Balaban J connectivity index is -0.000000733. The molecule has 0 saturated heterocycles. The summed E-state index contributed by atoms with van der Waals surface area (Å²) in [6.07, 6.45) is 94.7. The van der Waals surface area contributed by atoms with Gasteiger partial charge in [-0.15, -0.1) is 35.4 Å². The van der Waals surface area contributed by atoms with E-state index >= 15 is 0 Å². The van der Waals surface area contributed by atoms with Gasteiger partial charge in [0.1, 0.15) is 0 Å². The Morgan fingerprint density at radius 3 is 1.05 bits per heavy atom. The van der Waals surface area contributed by atoms with Crippen molar-refractivity contribution in [3.63, 3.8) is 0 Å². The van der Waals surface area contributed by atoms with E-state index < -0.39 is 0 Å². The predicted molar refractivity (Wildman–Crippen MR) is 598 cm³/mol. The number of rotatable bonds is 54. The van der Waals surface area contributed by atoms with E-state index in [-0.39, 0.29) is 98.9 Å². The van der Waals surface area contributed by atoms with Gasteiger partial charge in [-0.05, 0) is 172 Å². The van der Waals surface area contributed by atoms with Crippen LogP contribution in [0.4, 0.5) is 0 Å². The molecule has 130 heavy (non-hydrogen) atoms. The predicted octanol–water partition coefficient (Wildman–Crippen LogP) is 36.0. The SMILES string of the molecule is CC.CC.CCCCC(/C=C/C=C\CCc1ccccc1C(CC)OPP)OP.CCCCC(C=CC=CCCc1ccccc1C(CC)OPP)OP.CCCCC1CC1/C=C/C=C/C=C\CC#C/C=C/C(CC)OP.CCCCC1CC1C=CC=CC=CCC#CC=CC(CC)OP.C[CH-]c1ccccc1C/C=C/C(C)C.C[CH-]c1ccccc1CC=CC(C)C.[U].[U]. The first-order chi connectivity index (χ1) is 62.6. The summed E-state index contributed by atoms with van der Waals surface area (Å²) in [6.45, 7) is 38.5. The van der Waals surface area contributed by atoms with Crippen molar-refractivity contribution in [2.45, 2.75) is 328 Å². The molecule has 6 rings (SSSR count). The van der Waals surface area contributed by atoms with Crippen LogP contribution in [0.1, 0.15) is 323 Å². The first-order valence-corrected chi connectivity index (χ1v) is 55.8. The summed E-state index contributed by atoms with van der Waals surface area (Å²) in [6, 6.07) is 34.4. The van der Waals surface area contributed by atoms with Gasteiger partial charge in [0.15, 0.2) is 0 Å².